The number of allylic oxidation sites excluding steroid dienone is 6. The molecule has 0 aliphatic carbocycles. The summed E-state index contributed by atoms with van der Waals surface area (Å²) in [7, 11) is 0. The average Bonchev–Trinajstić information content (AvgIpc) is 3.36. The van der Waals surface area contributed by atoms with Gasteiger partial charge in [0.15, 0.2) is 6.10 Å². The highest BCUT2D eigenvalue weighted by Gasteiger charge is 2.18. The number of unbranched alkanes of at least 4 members (excludes halogenated alkanes) is 42. The third kappa shape index (κ3) is 58.7. The molecule has 0 aromatic heterocycles. The van der Waals surface area contributed by atoms with E-state index in [2.05, 4.69) is 57.2 Å². The molecule has 1 unspecified atom stereocenters. The van der Waals surface area contributed by atoms with E-state index >= 15 is 0 Å². The zero-order valence-electron chi connectivity index (χ0n) is 47.6. The predicted octanol–water partition coefficient (Wildman–Crippen LogP) is 21.7. The van der Waals surface area contributed by atoms with Gasteiger partial charge in [-0.2, -0.15) is 0 Å². The van der Waals surface area contributed by atoms with Gasteiger partial charge >= 0.3 is 11.9 Å². The summed E-state index contributed by atoms with van der Waals surface area (Å²) in [5.41, 5.74) is 0. The van der Waals surface area contributed by atoms with Crippen LogP contribution in [-0.4, -0.2) is 37.9 Å². The van der Waals surface area contributed by atoms with Gasteiger partial charge in [-0.3, -0.25) is 9.59 Å². The molecule has 0 N–H and O–H groups in total. The van der Waals surface area contributed by atoms with Gasteiger partial charge in [0.05, 0.1) is 6.61 Å². The van der Waals surface area contributed by atoms with Crippen molar-refractivity contribution < 1.29 is 23.8 Å². The van der Waals surface area contributed by atoms with Crippen molar-refractivity contribution in [1.29, 1.82) is 0 Å². The molecule has 70 heavy (non-hydrogen) atoms. The lowest BCUT2D eigenvalue weighted by Crippen LogP contribution is -2.30. The van der Waals surface area contributed by atoms with Crippen LogP contribution in [0.1, 0.15) is 342 Å². The molecule has 0 saturated heterocycles. The number of hydrogen-bond donors (Lipinski definition) is 0. The number of ether oxygens (including phenoxy) is 3. The number of rotatable bonds is 59. The largest absolute Gasteiger partial charge is 0.462 e. The topological polar surface area (TPSA) is 61.8 Å². The fourth-order valence-corrected chi connectivity index (χ4v) is 9.53. The first kappa shape index (κ1) is 68.1. The number of carbonyl (C=O) groups is 2. The van der Waals surface area contributed by atoms with Crippen LogP contribution < -0.4 is 0 Å². The van der Waals surface area contributed by atoms with E-state index < -0.39 is 6.10 Å². The van der Waals surface area contributed by atoms with Crippen molar-refractivity contribution in [1.82, 2.24) is 0 Å². The summed E-state index contributed by atoms with van der Waals surface area (Å²) in [4.78, 5) is 25.6. The maximum absolute atomic E-state index is 12.9. The van der Waals surface area contributed by atoms with Crippen molar-refractivity contribution in [2.24, 2.45) is 0 Å². The van der Waals surface area contributed by atoms with E-state index in [9.17, 15) is 9.59 Å². The van der Waals surface area contributed by atoms with Crippen LogP contribution in [0, 0.1) is 0 Å². The van der Waals surface area contributed by atoms with Gasteiger partial charge in [0.2, 0.25) is 0 Å². The van der Waals surface area contributed by atoms with Crippen molar-refractivity contribution >= 4 is 11.9 Å². The molecule has 0 saturated carbocycles. The minimum atomic E-state index is -0.536. The monoisotopic (exact) mass is 983 g/mol. The van der Waals surface area contributed by atoms with Gasteiger partial charge in [-0.05, 0) is 51.4 Å². The molecule has 0 radical (unpaired) electrons. The van der Waals surface area contributed by atoms with Crippen LogP contribution in [0.3, 0.4) is 0 Å². The van der Waals surface area contributed by atoms with Crippen LogP contribution in [-0.2, 0) is 23.8 Å². The van der Waals surface area contributed by atoms with Crippen molar-refractivity contribution in [3.05, 3.63) is 36.5 Å². The lowest BCUT2D eigenvalue weighted by atomic mass is 10.0. The Morgan fingerprint density at radius 2 is 0.643 bits per heavy atom. The van der Waals surface area contributed by atoms with Crippen molar-refractivity contribution in [3.8, 4) is 0 Å². The summed E-state index contributed by atoms with van der Waals surface area (Å²) in [6.45, 7) is 7.79. The highest BCUT2D eigenvalue weighted by Crippen LogP contribution is 2.18. The van der Waals surface area contributed by atoms with Crippen molar-refractivity contribution in [2.45, 2.75) is 348 Å². The maximum atomic E-state index is 12.9. The highest BCUT2D eigenvalue weighted by molar-refractivity contribution is 5.70. The minimum Gasteiger partial charge on any atom is -0.462 e. The molecule has 0 aromatic rings. The molecule has 1 atom stereocenters. The second-order valence-electron chi connectivity index (χ2n) is 21.3. The smallest absolute Gasteiger partial charge is 0.306 e. The predicted molar refractivity (Wildman–Crippen MR) is 307 cm³/mol. The molecule has 5 nitrogen and oxygen atoms in total. The van der Waals surface area contributed by atoms with Crippen molar-refractivity contribution in [2.75, 3.05) is 19.8 Å². The van der Waals surface area contributed by atoms with E-state index in [0.29, 0.717) is 26.1 Å². The first-order valence-corrected chi connectivity index (χ1v) is 31.5. The Hall–Kier alpha value is -1.88. The Bertz CT molecular complexity index is 1110. The molecule has 5 heteroatoms. The van der Waals surface area contributed by atoms with Gasteiger partial charge in [0, 0.05) is 19.4 Å². The van der Waals surface area contributed by atoms with Gasteiger partial charge in [0.25, 0.3) is 0 Å². The van der Waals surface area contributed by atoms with E-state index in [-0.39, 0.29) is 18.5 Å². The number of esters is 2. The zero-order valence-corrected chi connectivity index (χ0v) is 47.6. The molecule has 0 aromatic carbocycles. The van der Waals surface area contributed by atoms with Gasteiger partial charge in [-0.15, -0.1) is 0 Å². The Labute approximate surface area is 438 Å². The number of carbonyl (C=O) groups excluding carboxylic acids is 2. The molecule has 0 aliphatic rings. The van der Waals surface area contributed by atoms with Gasteiger partial charge in [-0.1, -0.05) is 314 Å². The summed E-state index contributed by atoms with van der Waals surface area (Å²) in [6.07, 6.45) is 76.1. The van der Waals surface area contributed by atoms with Crippen LogP contribution >= 0.6 is 0 Å². The van der Waals surface area contributed by atoms with Crippen LogP contribution in [0.5, 0.6) is 0 Å². The molecule has 0 fully saturated rings. The first-order valence-electron chi connectivity index (χ1n) is 31.5. The summed E-state index contributed by atoms with van der Waals surface area (Å²) < 4.78 is 17.6. The highest BCUT2D eigenvalue weighted by atomic mass is 16.6. The molecule has 412 valence electrons. The van der Waals surface area contributed by atoms with Crippen LogP contribution in [0.25, 0.3) is 0 Å². The third-order valence-corrected chi connectivity index (χ3v) is 14.2. The molecular weight excluding hydrogens is 861 g/mol. The Kier molecular flexibility index (Phi) is 59.8. The molecular formula is C65H122O5. The maximum Gasteiger partial charge on any atom is 0.306 e. The second kappa shape index (κ2) is 61.4. The normalized spacial score (nSPS) is 12.3. The summed E-state index contributed by atoms with van der Waals surface area (Å²) >= 11 is 0. The molecule has 0 bridgehead atoms. The minimum absolute atomic E-state index is 0.0872. The third-order valence-electron chi connectivity index (χ3n) is 14.2. The average molecular weight is 984 g/mol. The summed E-state index contributed by atoms with van der Waals surface area (Å²) in [5, 5.41) is 0. The van der Waals surface area contributed by atoms with E-state index in [0.717, 1.165) is 64.2 Å². The summed E-state index contributed by atoms with van der Waals surface area (Å²) in [6, 6.07) is 0. The van der Waals surface area contributed by atoms with Gasteiger partial charge < -0.3 is 14.2 Å². The lowest BCUT2D eigenvalue weighted by molar-refractivity contribution is -0.163. The molecule has 0 rings (SSSR count). The molecule has 0 amide bonds. The van der Waals surface area contributed by atoms with E-state index in [1.807, 2.05) is 0 Å². The van der Waals surface area contributed by atoms with E-state index in [1.54, 1.807) is 0 Å². The van der Waals surface area contributed by atoms with E-state index in [4.69, 9.17) is 14.2 Å². The SMILES string of the molecule is CC/C=C\C/C=C\C/C=C\CCCCCCCCCC(=O)OCC(COCCCCCCCCCCCCCCCCCCCCCC)OC(=O)CCCCCCCCCCCCCCCCCCC. The Morgan fingerprint density at radius 1 is 0.329 bits per heavy atom. The fraction of sp³-hybridized carbons (Fsp3) is 0.877. The van der Waals surface area contributed by atoms with E-state index in [1.165, 1.54) is 244 Å². The quantitative estimate of drug-likeness (QED) is 0.0345. The second-order valence-corrected chi connectivity index (χ2v) is 21.3. The van der Waals surface area contributed by atoms with Gasteiger partial charge in [0.1, 0.15) is 6.61 Å². The fourth-order valence-electron chi connectivity index (χ4n) is 9.53. The summed E-state index contributed by atoms with van der Waals surface area (Å²) in [5.74, 6) is -0.383. The lowest BCUT2D eigenvalue weighted by Gasteiger charge is -2.18. The van der Waals surface area contributed by atoms with Crippen molar-refractivity contribution in [3.63, 3.8) is 0 Å². The van der Waals surface area contributed by atoms with Crippen LogP contribution in [0.15, 0.2) is 36.5 Å². The zero-order chi connectivity index (χ0) is 50.6. The molecule has 0 aliphatic heterocycles. The first-order chi connectivity index (χ1) is 34.6. The molecule has 0 spiro atoms. The van der Waals surface area contributed by atoms with Gasteiger partial charge in [-0.25, -0.2) is 0 Å². The van der Waals surface area contributed by atoms with Crippen LogP contribution in [0.2, 0.25) is 0 Å². The standard InChI is InChI=1S/C65H122O5/c1-4-7-10-13-16-19-22-25-28-31-32-33-36-39-42-45-48-51-54-57-60-68-61-63(70-65(67)59-56-53-50-47-44-41-38-35-30-27-24-21-18-15-12-9-6-3)62-69-64(66)58-55-52-49-46-43-40-37-34-29-26-23-20-17-14-11-8-5-2/h8,11,17,20,26,29,63H,4-7,9-10,12-16,18-19,21-25,27-28,30-62H2,1-3H3/b11-8-,20-17-,29-26-. The Balaban J connectivity index is 4.22. The molecule has 0 heterocycles. The van der Waals surface area contributed by atoms with Crippen LogP contribution in [0.4, 0.5) is 0 Å². The Morgan fingerprint density at radius 3 is 1.03 bits per heavy atom. The number of hydrogen-bond acceptors (Lipinski definition) is 5.